The second-order valence-corrected chi connectivity index (χ2v) is 7.65. The van der Waals surface area contributed by atoms with Gasteiger partial charge in [-0.15, -0.1) is 0 Å². The Labute approximate surface area is 126 Å². The van der Waals surface area contributed by atoms with Crippen molar-refractivity contribution in [3.8, 4) is 0 Å². The molecule has 0 aromatic rings. The number of piperazine rings is 1. The lowest BCUT2D eigenvalue weighted by molar-refractivity contribution is -0.119. The van der Waals surface area contributed by atoms with Gasteiger partial charge in [0, 0.05) is 39.3 Å². The molecule has 1 amide bonds. The molecule has 0 aliphatic carbocycles. The van der Waals surface area contributed by atoms with Gasteiger partial charge in [0.15, 0.2) is 0 Å². The summed E-state index contributed by atoms with van der Waals surface area (Å²) in [4.78, 5) is 12.8. The number of carbonyl (C=O) groups excluding carboxylic acids is 1. The van der Waals surface area contributed by atoms with Crippen molar-refractivity contribution < 1.29 is 17.9 Å². The lowest BCUT2D eigenvalue weighted by Crippen LogP contribution is -2.57. The Morgan fingerprint density at radius 3 is 2.10 bits per heavy atom. The molecular formula is C12H24N4O4S. The number of morpholine rings is 1. The Morgan fingerprint density at radius 2 is 1.62 bits per heavy atom. The van der Waals surface area contributed by atoms with E-state index >= 15 is 0 Å². The molecule has 2 aliphatic heterocycles. The summed E-state index contributed by atoms with van der Waals surface area (Å²) in [5, 5.41) is 0. The van der Waals surface area contributed by atoms with E-state index in [-0.39, 0.29) is 24.7 Å². The molecule has 0 aromatic carbocycles. The monoisotopic (exact) mass is 320 g/mol. The summed E-state index contributed by atoms with van der Waals surface area (Å²) in [7, 11) is -3.46. The molecule has 2 heterocycles. The summed E-state index contributed by atoms with van der Waals surface area (Å²) < 4.78 is 33.8. The van der Waals surface area contributed by atoms with Crippen LogP contribution >= 0.6 is 0 Å². The van der Waals surface area contributed by atoms with Crippen LogP contribution in [0.25, 0.3) is 0 Å². The summed E-state index contributed by atoms with van der Waals surface area (Å²) in [5.74, 6) is -0.387. The molecule has 21 heavy (non-hydrogen) atoms. The molecule has 0 bridgehead atoms. The van der Waals surface area contributed by atoms with E-state index < -0.39 is 10.2 Å². The highest BCUT2D eigenvalue weighted by Gasteiger charge is 2.36. The fourth-order valence-electron chi connectivity index (χ4n) is 2.82. The average Bonchev–Trinajstić information content (AvgIpc) is 2.37. The summed E-state index contributed by atoms with van der Waals surface area (Å²) in [6, 6.07) is 0. The Morgan fingerprint density at radius 1 is 1.10 bits per heavy atom. The van der Waals surface area contributed by atoms with Crippen molar-refractivity contribution >= 4 is 16.1 Å². The molecule has 122 valence electrons. The van der Waals surface area contributed by atoms with E-state index in [1.807, 2.05) is 18.7 Å². The van der Waals surface area contributed by atoms with Crippen LogP contribution in [0.2, 0.25) is 0 Å². The second kappa shape index (κ2) is 6.57. The lowest BCUT2D eigenvalue weighted by atomic mass is 10.3. The maximum absolute atomic E-state index is 12.6. The van der Waals surface area contributed by atoms with E-state index in [1.54, 1.807) is 0 Å². The van der Waals surface area contributed by atoms with E-state index in [0.29, 0.717) is 39.3 Å². The zero-order chi connectivity index (χ0) is 15.6. The van der Waals surface area contributed by atoms with Crippen molar-refractivity contribution in [2.45, 2.75) is 26.1 Å². The largest absolute Gasteiger partial charge is 0.373 e. The molecule has 0 saturated carbocycles. The summed E-state index contributed by atoms with van der Waals surface area (Å²) >= 11 is 0. The van der Waals surface area contributed by atoms with Gasteiger partial charge in [0.25, 0.3) is 10.2 Å². The first-order chi connectivity index (χ1) is 9.79. The highest BCUT2D eigenvalue weighted by molar-refractivity contribution is 7.86. The zero-order valence-corrected chi connectivity index (χ0v) is 13.4. The summed E-state index contributed by atoms with van der Waals surface area (Å²) in [5.41, 5.74) is 5.16. The van der Waals surface area contributed by atoms with E-state index in [9.17, 15) is 13.2 Å². The third-order valence-electron chi connectivity index (χ3n) is 3.75. The van der Waals surface area contributed by atoms with Crippen LogP contribution in [0.5, 0.6) is 0 Å². The lowest BCUT2D eigenvalue weighted by Gasteiger charge is -2.40. The van der Waals surface area contributed by atoms with Gasteiger partial charge in [-0.2, -0.15) is 17.0 Å². The number of rotatable bonds is 4. The van der Waals surface area contributed by atoms with Crippen LogP contribution in [-0.2, 0) is 19.7 Å². The van der Waals surface area contributed by atoms with Gasteiger partial charge in [-0.25, -0.2) is 0 Å². The SMILES string of the molecule is C[C@@H]1CN(S(=O)(=O)N2CCN(CC(N)=O)CC2)C[C@H](C)O1. The fourth-order valence-corrected chi connectivity index (χ4v) is 4.57. The van der Waals surface area contributed by atoms with Gasteiger partial charge in [-0.3, -0.25) is 9.69 Å². The molecule has 0 unspecified atom stereocenters. The number of ether oxygens (including phenoxy) is 1. The van der Waals surface area contributed by atoms with Crippen LogP contribution in [0, 0.1) is 0 Å². The van der Waals surface area contributed by atoms with Crippen LogP contribution in [0.1, 0.15) is 13.8 Å². The molecule has 9 heteroatoms. The van der Waals surface area contributed by atoms with Gasteiger partial charge in [0.2, 0.25) is 5.91 Å². The van der Waals surface area contributed by atoms with Crippen molar-refractivity contribution in [2.24, 2.45) is 5.73 Å². The van der Waals surface area contributed by atoms with Crippen molar-refractivity contribution in [3.05, 3.63) is 0 Å². The fraction of sp³-hybridized carbons (Fsp3) is 0.917. The Kier molecular flexibility index (Phi) is 5.20. The van der Waals surface area contributed by atoms with Crippen LogP contribution in [0.4, 0.5) is 0 Å². The molecular weight excluding hydrogens is 296 g/mol. The average molecular weight is 320 g/mol. The first-order valence-electron chi connectivity index (χ1n) is 7.20. The Hall–Kier alpha value is -0.740. The Bertz CT molecular complexity index is 466. The van der Waals surface area contributed by atoms with Crippen molar-refractivity contribution in [3.63, 3.8) is 0 Å². The molecule has 2 fully saturated rings. The van der Waals surface area contributed by atoms with Gasteiger partial charge >= 0.3 is 0 Å². The standard InChI is InChI=1S/C12H24N4O4S/c1-10-7-16(8-11(2)20-10)21(18,19)15-5-3-14(4-6-15)9-12(13)17/h10-11H,3-9H2,1-2H3,(H2,13,17)/t10-,11+. The minimum absolute atomic E-state index is 0.0975. The molecule has 0 aromatic heterocycles. The highest BCUT2D eigenvalue weighted by Crippen LogP contribution is 2.18. The number of nitrogens with zero attached hydrogens (tertiary/aromatic N) is 3. The van der Waals surface area contributed by atoms with Gasteiger partial charge < -0.3 is 10.5 Å². The van der Waals surface area contributed by atoms with Crippen molar-refractivity contribution in [1.29, 1.82) is 0 Å². The van der Waals surface area contributed by atoms with Crippen molar-refractivity contribution in [2.75, 3.05) is 45.8 Å². The number of nitrogens with two attached hydrogens (primary N) is 1. The normalized spacial score (nSPS) is 30.4. The van der Waals surface area contributed by atoms with E-state index in [0.717, 1.165) is 0 Å². The number of hydrogen-bond donors (Lipinski definition) is 1. The van der Waals surface area contributed by atoms with Gasteiger partial charge in [-0.05, 0) is 13.8 Å². The number of carbonyl (C=O) groups is 1. The smallest absolute Gasteiger partial charge is 0.282 e. The molecule has 2 rings (SSSR count). The van der Waals surface area contributed by atoms with E-state index in [2.05, 4.69) is 0 Å². The molecule has 2 N–H and O–H groups in total. The van der Waals surface area contributed by atoms with Gasteiger partial charge in [-0.1, -0.05) is 0 Å². The zero-order valence-electron chi connectivity index (χ0n) is 12.6. The third-order valence-corrected chi connectivity index (χ3v) is 5.72. The minimum Gasteiger partial charge on any atom is -0.373 e. The predicted octanol–water partition coefficient (Wildman–Crippen LogP) is -1.56. The molecule has 0 radical (unpaired) electrons. The molecule has 8 nitrogen and oxygen atoms in total. The summed E-state index contributed by atoms with van der Waals surface area (Å²) in [6.45, 7) is 6.52. The maximum Gasteiger partial charge on any atom is 0.282 e. The first-order valence-corrected chi connectivity index (χ1v) is 8.60. The maximum atomic E-state index is 12.6. The van der Waals surface area contributed by atoms with Crippen molar-refractivity contribution in [1.82, 2.24) is 13.5 Å². The first kappa shape index (κ1) is 16.6. The summed E-state index contributed by atoms with van der Waals surface area (Å²) in [6.07, 6.45) is -0.195. The highest BCUT2D eigenvalue weighted by atomic mass is 32.2. The van der Waals surface area contributed by atoms with Gasteiger partial charge in [0.1, 0.15) is 0 Å². The predicted molar refractivity (Wildman–Crippen MR) is 77.7 cm³/mol. The van der Waals surface area contributed by atoms with Crippen LogP contribution in [-0.4, -0.2) is 85.9 Å². The Balaban J connectivity index is 1.96. The van der Waals surface area contributed by atoms with Crippen LogP contribution in [0.15, 0.2) is 0 Å². The van der Waals surface area contributed by atoms with Crippen LogP contribution in [0.3, 0.4) is 0 Å². The molecule has 2 atom stereocenters. The number of amides is 1. The third kappa shape index (κ3) is 4.13. The number of primary amides is 1. The van der Waals surface area contributed by atoms with E-state index in [4.69, 9.17) is 10.5 Å². The van der Waals surface area contributed by atoms with Crippen LogP contribution < -0.4 is 5.73 Å². The molecule has 2 aliphatic rings. The molecule has 2 saturated heterocycles. The number of hydrogen-bond acceptors (Lipinski definition) is 5. The van der Waals surface area contributed by atoms with E-state index in [1.165, 1.54) is 8.61 Å². The van der Waals surface area contributed by atoms with Gasteiger partial charge in [0.05, 0.1) is 18.8 Å². The topological polar surface area (TPSA) is 96.2 Å². The molecule has 0 spiro atoms. The second-order valence-electron chi connectivity index (χ2n) is 5.72. The quantitative estimate of drug-likeness (QED) is 0.676. The minimum atomic E-state index is -3.46.